The molecule has 7 heteroatoms. The third-order valence-electron chi connectivity index (χ3n) is 3.77. The van der Waals surface area contributed by atoms with Gasteiger partial charge in [0.1, 0.15) is 0 Å². The van der Waals surface area contributed by atoms with Gasteiger partial charge in [-0.25, -0.2) is 0 Å². The van der Waals surface area contributed by atoms with E-state index in [9.17, 15) is 4.79 Å². The molecule has 0 radical (unpaired) electrons. The Morgan fingerprint density at radius 2 is 1.62 bits per heavy atom. The van der Waals surface area contributed by atoms with Crippen LogP contribution in [0.2, 0.25) is 0 Å². The summed E-state index contributed by atoms with van der Waals surface area (Å²) < 4.78 is 10.3. The Kier molecular flexibility index (Phi) is 6.80. The van der Waals surface area contributed by atoms with Crippen molar-refractivity contribution in [3.63, 3.8) is 0 Å². The van der Waals surface area contributed by atoms with E-state index in [-0.39, 0.29) is 11.0 Å². The maximum Gasteiger partial charge on any atom is 0.269 e. The Bertz CT molecular complexity index is 776. The van der Waals surface area contributed by atoms with Gasteiger partial charge in [-0.2, -0.15) is 0 Å². The molecule has 0 saturated carbocycles. The highest BCUT2D eigenvalue weighted by Crippen LogP contribution is 2.27. The van der Waals surface area contributed by atoms with Gasteiger partial charge in [0.05, 0.1) is 14.2 Å². The van der Waals surface area contributed by atoms with Crippen molar-refractivity contribution in [2.24, 2.45) is 0 Å². The first-order valence-electron chi connectivity index (χ1n) is 8.14. The zero-order chi connectivity index (χ0) is 19.1. The van der Waals surface area contributed by atoms with E-state index in [0.717, 1.165) is 5.69 Å². The lowest BCUT2D eigenvalue weighted by atomic mass is 10.0. The average molecular weight is 373 g/mol. The summed E-state index contributed by atoms with van der Waals surface area (Å²) in [5.74, 6) is 1.16. The molecule has 0 saturated heterocycles. The van der Waals surface area contributed by atoms with Crippen LogP contribution in [0.4, 0.5) is 5.69 Å². The van der Waals surface area contributed by atoms with Crippen LogP contribution in [0.25, 0.3) is 0 Å². The fraction of sp³-hybridized carbons (Fsp3) is 0.263. The van der Waals surface area contributed by atoms with Crippen molar-refractivity contribution in [2.45, 2.75) is 19.8 Å². The highest BCUT2D eigenvalue weighted by atomic mass is 32.1. The second-order valence-corrected chi connectivity index (χ2v) is 6.29. The Morgan fingerprint density at radius 1 is 0.962 bits per heavy atom. The van der Waals surface area contributed by atoms with Gasteiger partial charge >= 0.3 is 0 Å². The summed E-state index contributed by atoms with van der Waals surface area (Å²) >= 11 is 5.20. The van der Waals surface area contributed by atoms with Crippen LogP contribution in [-0.4, -0.2) is 25.2 Å². The number of hydrazine groups is 1. The fourth-order valence-corrected chi connectivity index (χ4v) is 2.45. The summed E-state index contributed by atoms with van der Waals surface area (Å²) in [5.41, 5.74) is 7.73. The highest BCUT2D eigenvalue weighted by Gasteiger charge is 2.11. The maximum absolute atomic E-state index is 12.2. The molecule has 2 rings (SSSR count). The zero-order valence-corrected chi connectivity index (χ0v) is 16.1. The monoisotopic (exact) mass is 373 g/mol. The van der Waals surface area contributed by atoms with Crippen molar-refractivity contribution in [3.05, 3.63) is 53.6 Å². The minimum atomic E-state index is -0.342. The molecule has 0 aliphatic rings. The van der Waals surface area contributed by atoms with E-state index < -0.39 is 0 Å². The van der Waals surface area contributed by atoms with Gasteiger partial charge in [-0.05, 0) is 54.0 Å². The van der Waals surface area contributed by atoms with Crippen LogP contribution in [0.5, 0.6) is 11.5 Å². The maximum atomic E-state index is 12.2. The fourth-order valence-electron chi connectivity index (χ4n) is 2.28. The summed E-state index contributed by atoms with van der Waals surface area (Å²) in [6, 6.07) is 12.9. The van der Waals surface area contributed by atoms with E-state index in [4.69, 9.17) is 21.7 Å². The minimum absolute atomic E-state index is 0.288. The molecule has 6 nitrogen and oxygen atoms in total. The number of carbonyl (C=O) groups is 1. The molecule has 0 fully saturated rings. The summed E-state index contributed by atoms with van der Waals surface area (Å²) in [5, 5.41) is 3.30. The van der Waals surface area contributed by atoms with Gasteiger partial charge in [-0.1, -0.05) is 26.0 Å². The van der Waals surface area contributed by atoms with Crippen molar-refractivity contribution in [1.29, 1.82) is 0 Å². The molecule has 2 aromatic rings. The van der Waals surface area contributed by atoms with Crippen LogP contribution < -0.4 is 25.6 Å². The first kappa shape index (κ1) is 19.5. The van der Waals surface area contributed by atoms with Gasteiger partial charge in [0.15, 0.2) is 16.6 Å². The van der Waals surface area contributed by atoms with E-state index >= 15 is 0 Å². The molecule has 1 amide bonds. The van der Waals surface area contributed by atoms with Crippen LogP contribution >= 0.6 is 12.2 Å². The molecular formula is C19H23N3O3S. The number of methoxy groups -OCH3 is 2. The summed E-state index contributed by atoms with van der Waals surface area (Å²) in [4.78, 5) is 12.2. The molecule has 138 valence electrons. The van der Waals surface area contributed by atoms with Crippen LogP contribution in [0, 0.1) is 0 Å². The third-order valence-corrected chi connectivity index (χ3v) is 3.97. The second kappa shape index (κ2) is 9.05. The highest BCUT2D eigenvalue weighted by molar-refractivity contribution is 7.80. The summed E-state index contributed by atoms with van der Waals surface area (Å²) in [6.07, 6.45) is 0. The Labute approximate surface area is 158 Å². The Hall–Kier alpha value is -2.80. The number of nitrogens with one attached hydrogen (secondary N) is 3. The number of carbonyl (C=O) groups excluding carboxylic acids is 1. The van der Waals surface area contributed by atoms with E-state index in [2.05, 4.69) is 30.0 Å². The number of amides is 1. The molecule has 0 aliphatic heterocycles. The predicted molar refractivity (Wildman–Crippen MR) is 107 cm³/mol. The van der Waals surface area contributed by atoms with Crippen LogP contribution in [0.1, 0.15) is 35.7 Å². The van der Waals surface area contributed by atoms with Crippen molar-refractivity contribution in [2.75, 3.05) is 19.5 Å². The number of benzene rings is 2. The Morgan fingerprint density at radius 3 is 2.19 bits per heavy atom. The molecule has 0 heterocycles. The molecule has 3 N–H and O–H groups in total. The predicted octanol–water partition coefficient (Wildman–Crippen LogP) is 3.46. The minimum Gasteiger partial charge on any atom is -0.493 e. The molecule has 0 atom stereocenters. The summed E-state index contributed by atoms with van der Waals surface area (Å²) in [6.45, 7) is 4.27. The topological polar surface area (TPSA) is 71.6 Å². The van der Waals surface area contributed by atoms with Gasteiger partial charge in [-0.3, -0.25) is 15.6 Å². The van der Waals surface area contributed by atoms with Crippen LogP contribution in [0.3, 0.4) is 0 Å². The molecule has 0 unspecified atom stereocenters. The number of hydrogen-bond donors (Lipinski definition) is 3. The van der Waals surface area contributed by atoms with Gasteiger partial charge in [-0.15, -0.1) is 0 Å². The first-order valence-corrected chi connectivity index (χ1v) is 8.54. The number of anilines is 1. The van der Waals surface area contributed by atoms with E-state index in [0.29, 0.717) is 23.0 Å². The first-order chi connectivity index (χ1) is 12.4. The van der Waals surface area contributed by atoms with E-state index in [1.807, 2.05) is 24.3 Å². The molecular weight excluding hydrogens is 350 g/mol. The number of thiocarbonyl (C=S) groups is 1. The third kappa shape index (κ3) is 5.10. The van der Waals surface area contributed by atoms with Gasteiger partial charge < -0.3 is 14.8 Å². The Balaban J connectivity index is 1.91. The standard InChI is InChI=1S/C19H23N3O3S/c1-12(2)13-5-8-15(9-6-13)20-19(26)22-21-18(23)14-7-10-16(24-3)17(11-14)25-4/h5-12H,1-4H3,(H,21,23)(H2,20,22,26). The number of hydrogen-bond acceptors (Lipinski definition) is 4. The smallest absolute Gasteiger partial charge is 0.269 e. The molecule has 0 spiro atoms. The molecule has 2 aromatic carbocycles. The van der Waals surface area contributed by atoms with Crippen LogP contribution in [-0.2, 0) is 0 Å². The van der Waals surface area contributed by atoms with Crippen molar-refractivity contribution < 1.29 is 14.3 Å². The SMILES string of the molecule is COc1ccc(C(=O)NNC(=S)Nc2ccc(C(C)C)cc2)cc1OC. The van der Waals surface area contributed by atoms with E-state index in [1.165, 1.54) is 19.8 Å². The molecule has 0 aromatic heterocycles. The number of rotatable bonds is 5. The second-order valence-electron chi connectivity index (χ2n) is 5.88. The number of ether oxygens (including phenoxy) is 2. The largest absolute Gasteiger partial charge is 0.493 e. The zero-order valence-electron chi connectivity index (χ0n) is 15.3. The lowest BCUT2D eigenvalue weighted by Crippen LogP contribution is -2.43. The average Bonchev–Trinajstić information content (AvgIpc) is 2.65. The van der Waals surface area contributed by atoms with Gasteiger partial charge in [0.2, 0.25) is 0 Å². The van der Waals surface area contributed by atoms with Crippen molar-refractivity contribution in [3.8, 4) is 11.5 Å². The molecule has 26 heavy (non-hydrogen) atoms. The van der Waals surface area contributed by atoms with Crippen molar-refractivity contribution in [1.82, 2.24) is 10.9 Å². The van der Waals surface area contributed by atoms with Crippen molar-refractivity contribution >= 4 is 28.9 Å². The molecule has 0 bridgehead atoms. The van der Waals surface area contributed by atoms with Gasteiger partial charge in [0.25, 0.3) is 5.91 Å². The molecule has 0 aliphatic carbocycles. The van der Waals surface area contributed by atoms with Gasteiger partial charge in [0, 0.05) is 11.3 Å². The summed E-state index contributed by atoms with van der Waals surface area (Å²) in [7, 11) is 3.05. The quantitative estimate of drug-likeness (QED) is 0.551. The lowest BCUT2D eigenvalue weighted by Gasteiger charge is -2.13. The normalized spacial score (nSPS) is 10.2. The van der Waals surface area contributed by atoms with Crippen LogP contribution in [0.15, 0.2) is 42.5 Å². The van der Waals surface area contributed by atoms with E-state index in [1.54, 1.807) is 18.2 Å². The lowest BCUT2D eigenvalue weighted by molar-refractivity contribution is 0.0944.